The van der Waals surface area contributed by atoms with Gasteiger partial charge in [0.05, 0.1) is 5.56 Å². The summed E-state index contributed by atoms with van der Waals surface area (Å²) in [5.41, 5.74) is 8.45. The van der Waals surface area contributed by atoms with Crippen molar-refractivity contribution in [3.05, 3.63) is 59.4 Å². The molecular formula is C30H42N2O5. The van der Waals surface area contributed by atoms with E-state index in [1.807, 2.05) is 12.1 Å². The predicted molar refractivity (Wildman–Crippen MR) is 148 cm³/mol. The molecule has 0 aliphatic heterocycles. The second kappa shape index (κ2) is 15.4. The molecule has 0 amide bonds. The fourth-order valence-corrected chi connectivity index (χ4v) is 4.15. The minimum atomic E-state index is -0.0812. The third kappa shape index (κ3) is 8.59. The standard InChI is InChI=1S/C30H42N2O5/c1-4-7-10-28-29(26-19-24(31)13-16-27(26)37-28)30(33)23-11-14-25(15-12-23)36-22-35-21-34-20-32(17-8-5-2)18-9-6-3/h11-16,19H,4-10,17-18,20-22,31H2,1-3H3. The smallest absolute Gasteiger partial charge is 0.197 e. The Morgan fingerprint density at radius 1 is 0.892 bits per heavy atom. The molecule has 0 atom stereocenters. The normalized spacial score (nSPS) is 11.5. The van der Waals surface area contributed by atoms with Crippen LogP contribution in [0.25, 0.3) is 11.0 Å². The summed E-state index contributed by atoms with van der Waals surface area (Å²) in [5.74, 6) is 1.25. The van der Waals surface area contributed by atoms with Gasteiger partial charge in [0.2, 0.25) is 0 Å². The second-order valence-corrected chi connectivity index (χ2v) is 9.36. The van der Waals surface area contributed by atoms with Crippen molar-refractivity contribution in [1.82, 2.24) is 4.90 Å². The van der Waals surface area contributed by atoms with Crippen molar-refractivity contribution in [3.8, 4) is 5.75 Å². The van der Waals surface area contributed by atoms with Gasteiger partial charge in [0.15, 0.2) is 19.4 Å². The third-order valence-corrected chi connectivity index (χ3v) is 6.29. The summed E-state index contributed by atoms with van der Waals surface area (Å²) >= 11 is 0. The van der Waals surface area contributed by atoms with E-state index in [1.165, 1.54) is 25.7 Å². The van der Waals surface area contributed by atoms with Crippen LogP contribution in [-0.2, 0) is 15.9 Å². The molecule has 202 valence electrons. The lowest BCUT2D eigenvalue weighted by Crippen LogP contribution is -2.29. The van der Waals surface area contributed by atoms with Gasteiger partial charge < -0.3 is 24.4 Å². The molecule has 0 bridgehead atoms. The first-order valence-electron chi connectivity index (χ1n) is 13.5. The maximum absolute atomic E-state index is 13.5. The highest BCUT2D eigenvalue weighted by molar-refractivity contribution is 6.17. The number of fused-ring (bicyclic) bond motifs is 1. The Hall–Kier alpha value is -2.87. The van der Waals surface area contributed by atoms with Gasteiger partial charge in [-0.25, -0.2) is 0 Å². The molecule has 0 aliphatic rings. The number of aryl methyl sites for hydroxylation is 1. The van der Waals surface area contributed by atoms with Gasteiger partial charge in [-0.1, -0.05) is 40.0 Å². The zero-order valence-electron chi connectivity index (χ0n) is 22.6. The number of carbonyl (C=O) groups is 1. The third-order valence-electron chi connectivity index (χ3n) is 6.29. The summed E-state index contributed by atoms with van der Waals surface area (Å²) in [6, 6.07) is 12.5. The van der Waals surface area contributed by atoms with Gasteiger partial charge in [-0.2, -0.15) is 0 Å². The molecule has 2 aromatic carbocycles. The van der Waals surface area contributed by atoms with E-state index in [0.29, 0.717) is 47.1 Å². The fourth-order valence-electron chi connectivity index (χ4n) is 4.15. The molecular weight excluding hydrogens is 468 g/mol. The molecule has 1 heterocycles. The molecule has 0 saturated carbocycles. The Balaban J connectivity index is 1.52. The van der Waals surface area contributed by atoms with E-state index < -0.39 is 0 Å². The SMILES string of the molecule is CCCCc1oc2ccc(N)cc2c1C(=O)c1ccc(OCOCOCN(CCCC)CCCC)cc1. The van der Waals surface area contributed by atoms with Crippen LogP contribution >= 0.6 is 0 Å². The van der Waals surface area contributed by atoms with Gasteiger partial charge in [0.1, 0.15) is 23.8 Å². The number of nitrogen functional groups attached to an aromatic ring is 1. The Kier molecular flexibility index (Phi) is 11.9. The minimum Gasteiger partial charge on any atom is -0.467 e. The van der Waals surface area contributed by atoms with Crippen LogP contribution < -0.4 is 10.5 Å². The van der Waals surface area contributed by atoms with Crippen LogP contribution in [0.3, 0.4) is 0 Å². The van der Waals surface area contributed by atoms with E-state index in [1.54, 1.807) is 30.3 Å². The highest BCUT2D eigenvalue weighted by Gasteiger charge is 2.22. The van der Waals surface area contributed by atoms with Crippen molar-refractivity contribution in [2.45, 2.75) is 65.7 Å². The zero-order chi connectivity index (χ0) is 26.5. The molecule has 37 heavy (non-hydrogen) atoms. The first-order chi connectivity index (χ1) is 18.1. The summed E-state index contributed by atoms with van der Waals surface area (Å²) in [7, 11) is 0. The van der Waals surface area contributed by atoms with Crippen LogP contribution in [-0.4, -0.2) is 44.1 Å². The van der Waals surface area contributed by atoms with E-state index in [0.717, 1.165) is 31.3 Å². The fraction of sp³-hybridized carbons (Fsp3) is 0.500. The maximum atomic E-state index is 13.5. The number of hydrogen-bond acceptors (Lipinski definition) is 7. The van der Waals surface area contributed by atoms with Gasteiger partial charge in [-0.05, 0) is 61.7 Å². The highest BCUT2D eigenvalue weighted by atomic mass is 16.7. The monoisotopic (exact) mass is 510 g/mol. The number of ketones is 1. The lowest BCUT2D eigenvalue weighted by molar-refractivity contribution is -0.123. The number of rotatable bonds is 18. The molecule has 2 N–H and O–H groups in total. The average Bonchev–Trinajstić information content (AvgIpc) is 3.27. The lowest BCUT2D eigenvalue weighted by Gasteiger charge is -2.21. The summed E-state index contributed by atoms with van der Waals surface area (Å²) < 4.78 is 22.8. The number of nitrogens with two attached hydrogens (primary N) is 1. The number of anilines is 1. The molecule has 0 fully saturated rings. The quantitative estimate of drug-likeness (QED) is 0.0874. The lowest BCUT2D eigenvalue weighted by atomic mass is 9.98. The number of nitrogens with zero attached hydrogens (tertiary/aromatic N) is 1. The summed E-state index contributed by atoms with van der Waals surface area (Å²) in [5, 5.41) is 0.757. The second-order valence-electron chi connectivity index (χ2n) is 9.36. The van der Waals surface area contributed by atoms with Crippen molar-refractivity contribution >= 4 is 22.4 Å². The van der Waals surface area contributed by atoms with Crippen molar-refractivity contribution in [2.75, 3.05) is 39.1 Å². The van der Waals surface area contributed by atoms with Crippen molar-refractivity contribution in [2.24, 2.45) is 0 Å². The maximum Gasteiger partial charge on any atom is 0.197 e. The van der Waals surface area contributed by atoms with E-state index in [-0.39, 0.29) is 19.4 Å². The molecule has 0 spiro atoms. The molecule has 0 aliphatic carbocycles. The molecule has 7 nitrogen and oxygen atoms in total. The number of unbranched alkanes of at least 4 members (excludes halogenated alkanes) is 3. The predicted octanol–water partition coefficient (Wildman–Crippen LogP) is 6.78. The van der Waals surface area contributed by atoms with Gasteiger partial charge >= 0.3 is 0 Å². The largest absolute Gasteiger partial charge is 0.467 e. The number of hydrogen-bond donors (Lipinski definition) is 1. The van der Waals surface area contributed by atoms with Crippen LogP contribution in [0.15, 0.2) is 46.9 Å². The molecule has 1 aromatic heterocycles. The molecule has 3 aromatic rings. The van der Waals surface area contributed by atoms with Crippen LogP contribution in [0.5, 0.6) is 5.75 Å². The van der Waals surface area contributed by atoms with E-state index >= 15 is 0 Å². The van der Waals surface area contributed by atoms with E-state index in [2.05, 4.69) is 25.7 Å². The summed E-state index contributed by atoms with van der Waals surface area (Å²) in [6.07, 6.45) is 7.35. The number of furan rings is 1. The molecule has 7 heteroatoms. The molecule has 0 unspecified atom stereocenters. The van der Waals surface area contributed by atoms with Crippen molar-refractivity contribution in [1.29, 1.82) is 0 Å². The van der Waals surface area contributed by atoms with Crippen LogP contribution in [0.1, 0.15) is 81.0 Å². The highest BCUT2D eigenvalue weighted by Crippen LogP contribution is 2.31. The van der Waals surface area contributed by atoms with Crippen LogP contribution in [0.4, 0.5) is 5.69 Å². The van der Waals surface area contributed by atoms with Gasteiger partial charge in [0, 0.05) is 36.1 Å². The number of ether oxygens (including phenoxy) is 3. The van der Waals surface area contributed by atoms with E-state index in [9.17, 15) is 4.79 Å². The number of carbonyl (C=O) groups excluding carboxylic acids is 1. The zero-order valence-corrected chi connectivity index (χ0v) is 22.6. The average molecular weight is 511 g/mol. The van der Waals surface area contributed by atoms with Crippen LogP contribution in [0, 0.1) is 0 Å². The van der Waals surface area contributed by atoms with Gasteiger partial charge in [0.25, 0.3) is 0 Å². The van der Waals surface area contributed by atoms with Gasteiger partial charge in [-0.15, -0.1) is 0 Å². The topological polar surface area (TPSA) is 87.2 Å². The Morgan fingerprint density at radius 3 is 2.27 bits per heavy atom. The molecule has 3 rings (SSSR count). The molecule has 0 radical (unpaired) electrons. The number of benzene rings is 2. The summed E-state index contributed by atoms with van der Waals surface area (Å²) in [4.78, 5) is 15.8. The first-order valence-corrected chi connectivity index (χ1v) is 13.5. The first kappa shape index (κ1) is 28.7. The van der Waals surface area contributed by atoms with Crippen molar-refractivity contribution in [3.63, 3.8) is 0 Å². The molecule has 0 saturated heterocycles. The van der Waals surface area contributed by atoms with Gasteiger partial charge in [-0.3, -0.25) is 9.69 Å². The Morgan fingerprint density at radius 2 is 1.59 bits per heavy atom. The summed E-state index contributed by atoms with van der Waals surface area (Å²) in [6.45, 7) is 9.40. The Labute approximate surface area is 220 Å². The van der Waals surface area contributed by atoms with Crippen molar-refractivity contribution < 1.29 is 23.4 Å². The Bertz CT molecular complexity index is 1090. The van der Waals surface area contributed by atoms with Crippen LogP contribution in [0.2, 0.25) is 0 Å². The minimum absolute atomic E-state index is 0.0734. The van der Waals surface area contributed by atoms with E-state index in [4.69, 9.17) is 24.4 Å².